The first-order valence-corrected chi connectivity index (χ1v) is 10.2. The highest BCUT2D eigenvalue weighted by Gasteiger charge is 2.35. The zero-order chi connectivity index (χ0) is 22.7. The number of carboxylic acid groups (broad SMARTS) is 1. The maximum absolute atomic E-state index is 12.9. The fourth-order valence-electron chi connectivity index (χ4n) is 3.68. The Labute approximate surface area is 180 Å². The number of hydrogen-bond acceptors (Lipinski definition) is 7. The van der Waals surface area contributed by atoms with Gasteiger partial charge in [0.15, 0.2) is 11.5 Å². The summed E-state index contributed by atoms with van der Waals surface area (Å²) < 4.78 is 23.9. The average Bonchev–Trinajstić information content (AvgIpc) is 2.74. The molecule has 0 saturated heterocycles. The molecule has 31 heavy (non-hydrogen) atoms. The monoisotopic (exact) mass is 432 g/mol. The van der Waals surface area contributed by atoms with E-state index in [1.165, 1.54) is 17.7 Å². The Hall–Kier alpha value is -3.07. The van der Waals surface area contributed by atoms with Crippen molar-refractivity contribution in [3.8, 4) is 28.8 Å². The van der Waals surface area contributed by atoms with Crippen molar-refractivity contribution in [3.63, 3.8) is 0 Å². The topological polar surface area (TPSA) is 109 Å². The van der Waals surface area contributed by atoms with Crippen molar-refractivity contribution in [3.05, 3.63) is 33.6 Å². The number of aromatic nitrogens is 2. The molecule has 0 bridgehead atoms. The lowest BCUT2D eigenvalue weighted by molar-refractivity contribution is 0.0693. The van der Waals surface area contributed by atoms with Crippen molar-refractivity contribution in [2.75, 3.05) is 27.4 Å². The minimum Gasteiger partial charge on any atom is -0.488 e. The number of aromatic carboxylic acids is 1. The average molecular weight is 432 g/mol. The van der Waals surface area contributed by atoms with Gasteiger partial charge in [0.1, 0.15) is 17.4 Å². The molecule has 1 N–H and O–H groups in total. The molecule has 3 heterocycles. The third-order valence-corrected chi connectivity index (χ3v) is 5.12. The van der Waals surface area contributed by atoms with Gasteiger partial charge in [-0.2, -0.15) is 0 Å². The quantitative estimate of drug-likeness (QED) is 0.602. The summed E-state index contributed by atoms with van der Waals surface area (Å²) in [4.78, 5) is 29.1. The van der Waals surface area contributed by atoms with Crippen LogP contribution in [0.15, 0.2) is 16.9 Å². The molecule has 0 fully saturated rings. The van der Waals surface area contributed by atoms with Crippen LogP contribution in [0.5, 0.6) is 17.4 Å². The lowest BCUT2D eigenvalue weighted by Crippen LogP contribution is -2.32. The normalized spacial score (nSPS) is 14.6. The molecule has 1 aliphatic rings. The minimum absolute atomic E-state index is 0.0181. The minimum atomic E-state index is -1.27. The highest BCUT2D eigenvalue weighted by Crippen LogP contribution is 2.46. The molecule has 9 heteroatoms. The second-order valence-electron chi connectivity index (χ2n) is 7.54. The van der Waals surface area contributed by atoms with Gasteiger partial charge in [0, 0.05) is 38.3 Å². The van der Waals surface area contributed by atoms with Gasteiger partial charge in [0.25, 0.3) is 11.4 Å². The predicted octanol–water partition coefficient (Wildman–Crippen LogP) is 3.14. The molecule has 0 aromatic carbocycles. The number of nitrogens with zero attached hydrogens (tertiary/aromatic N) is 2. The number of hydrogen-bond donors (Lipinski definition) is 1. The van der Waals surface area contributed by atoms with E-state index in [1.54, 1.807) is 20.1 Å². The van der Waals surface area contributed by atoms with Crippen LogP contribution < -0.4 is 19.8 Å². The summed E-state index contributed by atoms with van der Waals surface area (Å²) >= 11 is 0. The van der Waals surface area contributed by atoms with Crippen molar-refractivity contribution in [1.29, 1.82) is 0 Å². The van der Waals surface area contributed by atoms with Crippen LogP contribution in [0, 0.1) is 5.92 Å². The van der Waals surface area contributed by atoms with Crippen LogP contribution in [-0.4, -0.2) is 48.1 Å². The van der Waals surface area contributed by atoms with E-state index in [0.717, 1.165) is 0 Å². The first kappa shape index (κ1) is 22.6. The van der Waals surface area contributed by atoms with Gasteiger partial charge in [0.05, 0.1) is 19.4 Å². The van der Waals surface area contributed by atoms with E-state index in [1.807, 2.05) is 13.8 Å². The molecule has 168 valence electrons. The van der Waals surface area contributed by atoms with E-state index in [4.69, 9.17) is 18.9 Å². The molecule has 0 radical (unpaired) electrons. The summed E-state index contributed by atoms with van der Waals surface area (Å²) in [5.41, 5.74) is 0.711. The van der Waals surface area contributed by atoms with Gasteiger partial charge >= 0.3 is 5.97 Å². The molecular formula is C22H28N2O7. The van der Waals surface area contributed by atoms with E-state index in [2.05, 4.69) is 4.98 Å². The summed E-state index contributed by atoms with van der Waals surface area (Å²) in [5.74, 6) is -0.112. The van der Waals surface area contributed by atoms with Crippen molar-refractivity contribution in [2.45, 2.75) is 39.8 Å². The zero-order valence-electron chi connectivity index (χ0n) is 18.4. The van der Waals surface area contributed by atoms with Gasteiger partial charge in [-0.05, 0) is 18.9 Å². The van der Waals surface area contributed by atoms with E-state index < -0.39 is 17.6 Å². The van der Waals surface area contributed by atoms with Crippen LogP contribution in [-0.2, 0) is 11.3 Å². The number of rotatable bonds is 9. The molecule has 0 amide bonds. The molecular weight excluding hydrogens is 404 g/mol. The highest BCUT2D eigenvalue weighted by molar-refractivity contribution is 5.88. The summed E-state index contributed by atoms with van der Waals surface area (Å²) in [7, 11) is 3.11. The maximum Gasteiger partial charge on any atom is 0.341 e. The lowest BCUT2D eigenvalue weighted by atomic mass is 9.92. The predicted molar refractivity (Wildman–Crippen MR) is 113 cm³/mol. The van der Waals surface area contributed by atoms with Gasteiger partial charge in [-0.25, -0.2) is 9.78 Å². The number of pyridine rings is 2. The van der Waals surface area contributed by atoms with Crippen LogP contribution in [0.3, 0.4) is 0 Å². The molecule has 0 aliphatic carbocycles. The van der Waals surface area contributed by atoms with Gasteiger partial charge in [-0.15, -0.1) is 0 Å². The van der Waals surface area contributed by atoms with Gasteiger partial charge < -0.3 is 28.6 Å². The molecule has 0 saturated carbocycles. The third-order valence-electron chi connectivity index (χ3n) is 5.12. The van der Waals surface area contributed by atoms with Crippen LogP contribution in [0.25, 0.3) is 11.4 Å². The Morgan fingerprint density at radius 2 is 2.03 bits per heavy atom. The Balaban J connectivity index is 2.21. The lowest BCUT2D eigenvalue weighted by Gasteiger charge is -2.32. The Morgan fingerprint density at radius 1 is 1.29 bits per heavy atom. The Kier molecular flexibility index (Phi) is 6.84. The number of carbonyl (C=O) groups is 1. The fraction of sp³-hybridized carbons (Fsp3) is 0.500. The van der Waals surface area contributed by atoms with Crippen molar-refractivity contribution < 1.29 is 28.8 Å². The van der Waals surface area contributed by atoms with Crippen LogP contribution >= 0.6 is 0 Å². The summed E-state index contributed by atoms with van der Waals surface area (Å²) in [5, 5.41) is 9.53. The second-order valence-corrected chi connectivity index (χ2v) is 7.54. The highest BCUT2D eigenvalue weighted by atomic mass is 16.5. The maximum atomic E-state index is 12.9. The molecule has 2 aromatic heterocycles. The van der Waals surface area contributed by atoms with Crippen molar-refractivity contribution in [1.82, 2.24) is 9.55 Å². The smallest absolute Gasteiger partial charge is 0.341 e. The van der Waals surface area contributed by atoms with E-state index in [-0.39, 0.29) is 23.9 Å². The zero-order valence-corrected chi connectivity index (χ0v) is 18.4. The molecule has 2 aromatic rings. The summed E-state index contributed by atoms with van der Waals surface area (Å²) in [6.45, 7) is 7.00. The van der Waals surface area contributed by atoms with Crippen LogP contribution in [0.2, 0.25) is 0 Å². The van der Waals surface area contributed by atoms with E-state index >= 15 is 0 Å². The molecule has 1 unspecified atom stereocenters. The molecule has 1 atom stereocenters. The summed E-state index contributed by atoms with van der Waals surface area (Å²) in [6.07, 6.45) is 0.248. The Bertz CT molecular complexity index is 1030. The van der Waals surface area contributed by atoms with Gasteiger partial charge in [0.2, 0.25) is 0 Å². The standard InChI is InChI=1S/C22H28N2O7/c1-6-24-18-13(10-14(21(24)25)22(26)27)19(12(2)3)31-15-11-16(30-9-7-8-28-4)20(29-5)23-17(15)18/h10-12,19H,6-9H2,1-5H3,(H,26,27). The van der Waals surface area contributed by atoms with Crippen LogP contribution in [0.1, 0.15) is 49.2 Å². The second kappa shape index (κ2) is 9.38. The summed E-state index contributed by atoms with van der Waals surface area (Å²) in [6, 6.07) is 3.12. The van der Waals surface area contributed by atoms with Gasteiger partial charge in [-0.3, -0.25) is 4.79 Å². The van der Waals surface area contributed by atoms with Crippen molar-refractivity contribution in [2.24, 2.45) is 5.92 Å². The third kappa shape index (κ3) is 4.23. The number of ether oxygens (including phenoxy) is 4. The Morgan fingerprint density at radius 3 is 2.61 bits per heavy atom. The van der Waals surface area contributed by atoms with E-state index in [9.17, 15) is 14.7 Å². The van der Waals surface area contributed by atoms with Crippen molar-refractivity contribution >= 4 is 5.97 Å². The molecule has 9 nitrogen and oxygen atoms in total. The van der Waals surface area contributed by atoms with E-state index in [0.29, 0.717) is 48.1 Å². The molecule has 1 aliphatic heterocycles. The van der Waals surface area contributed by atoms with Gasteiger partial charge in [-0.1, -0.05) is 13.8 Å². The number of methoxy groups -OCH3 is 2. The molecule has 3 rings (SSSR count). The molecule has 0 spiro atoms. The fourth-order valence-corrected chi connectivity index (χ4v) is 3.68. The first-order chi connectivity index (χ1) is 14.8. The SMILES string of the molecule is CCn1c2c(cc(C(=O)O)c1=O)C(C(C)C)Oc1cc(OCCCOC)c(OC)nc1-2. The number of fused-ring (bicyclic) bond motifs is 3. The number of carboxylic acids is 1. The van der Waals surface area contributed by atoms with Crippen LogP contribution in [0.4, 0.5) is 0 Å². The largest absolute Gasteiger partial charge is 0.488 e. The first-order valence-electron chi connectivity index (χ1n) is 10.2.